The Labute approximate surface area is 122 Å². The molecule has 8 nitrogen and oxygen atoms in total. The number of hydrogen-bond acceptors (Lipinski definition) is 7. The Balaban J connectivity index is 2.29. The van der Waals surface area contributed by atoms with Crippen LogP contribution in [0.25, 0.3) is 0 Å². The highest BCUT2D eigenvalue weighted by Gasteiger charge is 2.23. The van der Waals surface area contributed by atoms with Gasteiger partial charge >= 0.3 is 6.09 Å². The highest BCUT2D eigenvalue weighted by atomic mass is 32.2. The van der Waals surface area contributed by atoms with Gasteiger partial charge in [0.2, 0.25) is 15.4 Å². The number of nitrogens with one attached hydrogen (secondary N) is 1. The molecule has 112 valence electrons. The fraction of sp³-hybridized carbons (Fsp3) is 0.100. The second-order valence-corrected chi connectivity index (χ2v) is 6.54. The van der Waals surface area contributed by atoms with Crippen molar-refractivity contribution in [3.8, 4) is 5.06 Å². The van der Waals surface area contributed by atoms with Crippen LogP contribution in [0.3, 0.4) is 0 Å². The van der Waals surface area contributed by atoms with Crippen LogP contribution in [-0.2, 0) is 10.0 Å². The van der Waals surface area contributed by atoms with Gasteiger partial charge in [-0.05, 0) is 19.1 Å². The number of nitrogens with zero attached hydrogens (tertiary/aromatic N) is 2. The second kappa shape index (κ2) is 5.61. The molecule has 0 aliphatic carbocycles. The smallest absolute Gasteiger partial charge is 0.397 e. The number of sulfonamides is 1. The third-order valence-corrected chi connectivity index (χ3v) is 4.88. The molecule has 0 atom stereocenters. The highest BCUT2D eigenvalue weighted by Crippen LogP contribution is 2.30. The molecule has 2 aromatic heterocycles. The zero-order valence-electron chi connectivity index (χ0n) is 10.5. The molecule has 0 aliphatic heterocycles. The van der Waals surface area contributed by atoms with E-state index in [2.05, 4.69) is 19.4 Å². The van der Waals surface area contributed by atoms with Crippen molar-refractivity contribution in [2.45, 2.75) is 11.3 Å². The van der Waals surface area contributed by atoms with Crippen LogP contribution in [0, 0.1) is 12.9 Å². The molecule has 21 heavy (non-hydrogen) atoms. The number of thiazole rings is 1. The standard InChI is InChI=1S/C10H9FN4O4S2/c1-5-8(19-9(12)16)20-10(13-5)21(17,18)15-7-4-2-3-6(11)14-7/h2-4H,1H3,(H2,12,16)(H,14,15). The van der Waals surface area contributed by atoms with Crippen molar-refractivity contribution in [2.24, 2.45) is 5.73 Å². The van der Waals surface area contributed by atoms with E-state index in [-0.39, 0.29) is 20.9 Å². The molecule has 2 rings (SSSR count). The van der Waals surface area contributed by atoms with Gasteiger partial charge in [-0.2, -0.15) is 12.8 Å². The normalized spacial score (nSPS) is 11.1. The summed E-state index contributed by atoms with van der Waals surface area (Å²) in [4.78, 5) is 17.8. The van der Waals surface area contributed by atoms with Gasteiger partial charge in [0.05, 0.1) is 5.69 Å². The lowest BCUT2D eigenvalue weighted by Crippen LogP contribution is -2.16. The van der Waals surface area contributed by atoms with Gasteiger partial charge in [-0.1, -0.05) is 17.4 Å². The molecule has 0 unspecified atom stereocenters. The summed E-state index contributed by atoms with van der Waals surface area (Å²) in [6, 6.07) is 3.65. The lowest BCUT2D eigenvalue weighted by molar-refractivity contribution is 0.212. The fourth-order valence-electron chi connectivity index (χ4n) is 1.31. The summed E-state index contributed by atoms with van der Waals surface area (Å²) >= 11 is 0.612. The second-order valence-electron chi connectivity index (χ2n) is 3.72. The predicted octanol–water partition coefficient (Wildman–Crippen LogP) is 1.24. The topological polar surface area (TPSA) is 124 Å². The summed E-state index contributed by atoms with van der Waals surface area (Å²) < 4.78 is 43.4. The molecule has 1 amide bonds. The molecule has 2 heterocycles. The maximum atomic E-state index is 12.9. The molecule has 0 saturated heterocycles. The molecule has 2 aromatic rings. The Bertz CT molecular complexity index is 790. The van der Waals surface area contributed by atoms with Crippen molar-refractivity contribution in [3.63, 3.8) is 0 Å². The molecule has 0 spiro atoms. The van der Waals surface area contributed by atoms with Gasteiger partial charge in [0.25, 0.3) is 10.0 Å². The van der Waals surface area contributed by atoms with E-state index in [1.54, 1.807) is 0 Å². The first-order chi connectivity index (χ1) is 9.78. The maximum Gasteiger partial charge on any atom is 0.410 e. The Kier molecular flexibility index (Phi) is 4.04. The van der Waals surface area contributed by atoms with E-state index in [1.807, 2.05) is 0 Å². The van der Waals surface area contributed by atoms with Crippen LogP contribution in [-0.4, -0.2) is 24.5 Å². The average Bonchev–Trinajstić information content (AvgIpc) is 2.70. The summed E-state index contributed by atoms with van der Waals surface area (Å²) in [5.74, 6) is -1.02. The van der Waals surface area contributed by atoms with E-state index in [0.717, 1.165) is 6.07 Å². The Morgan fingerprint density at radius 2 is 2.14 bits per heavy atom. The van der Waals surface area contributed by atoms with Gasteiger partial charge in [0.15, 0.2) is 0 Å². The predicted molar refractivity (Wildman–Crippen MR) is 72.1 cm³/mol. The van der Waals surface area contributed by atoms with Gasteiger partial charge in [-0.25, -0.2) is 14.8 Å². The number of halogens is 1. The minimum Gasteiger partial charge on any atom is -0.397 e. The van der Waals surface area contributed by atoms with Gasteiger partial charge in [-0.15, -0.1) is 0 Å². The molecule has 0 radical (unpaired) electrons. The van der Waals surface area contributed by atoms with E-state index in [9.17, 15) is 17.6 Å². The van der Waals surface area contributed by atoms with E-state index in [0.29, 0.717) is 11.3 Å². The van der Waals surface area contributed by atoms with Gasteiger partial charge in [0.1, 0.15) is 5.82 Å². The van der Waals surface area contributed by atoms with E-state index >= 15 is 0 Å². The average molecular weight is 332 g/mol. The first kappa shape index (κ1) is 15.1. The molecule has 0 fully saturated rings. The molecule has 0 aliphatic rings. The molecule has 11 heteroatoms. The number of ether oxygens (including phenoxy) is 1. The number of pyridine rings is 1. The maximum absolute atomic E-state index is 12.9. The number of nitrogens with two attached hydrogens (primary N) is 1. The third-order valence-electron chi connectivity index (χ3n) is 2.11. The minimum atomic E-state index is -4.07. The largest absolute Gasteiger partial charge is 0.410 e. The van der Waals surface area contributed by atoms with Gasteiger partial charge < -0.3 is 10.5 Å². The Morgan fingerprint density at radius 1 is 1.43 bits per heavy atom. The SMILES string of the molecule is Cc1nc(S(=O)(=O)Nc2cccc(F)n2)sc1OC(N)=O. The lowest BCUT2D eigenvalue weighted by atomic mass is 10.5. The monoisotopic (exact) mass is 332 g/mol. The molecule has 3 N–H and O–H groups in total. The summed E-state index contributed by atoms with van der Waals surface area (Å²) in [5.41, 5.74) is 5.04. The van der Waals surface area contributed by atoms with E-state index < -0.39 is 22.1 Å². The number of carbonyl (C=O) groups is 1. The number of aromatic nitrogens is 2. The fourth-order valence-corrected chi connectivity index (χ4v) is 3.49. The zero-order chi connectivity index (χ0) is 15.6. The molecule has 0 aromatic carbocycles. The van der Waals surface area contributed by atoms with Crippen molar-refractivity contribution in [1.29, 1.82) is 0 Å². The van der Waals surface area contributed by atoms with Crippen molar-refractivity contribution < 1.29 is 22.3 Å². The number of amides is 1. The van der Waals surface area contributed by atoms with Crippen molar-refractivity contribution in [2.75, 3.05) is 4.72 Å². The lowest BCUT2D eigenvalue weighted by Gasteiger charge is -2.03. The van der Waals surface area contributed by atoms with E-state index in [1.165, 1.54) is 19.1 Å². The quantitative estimate of drug-likeness (QED) is 0.812. The van der Waals surface area contributed by atoms with Gasteiger partial charge in [-0.3, -0.25) is 4.72 Å². The summed E-state index contributed by atoms with van der Waals surface area (Å²) in [7, 11) is -4.07. The van der Waals surface area contributed by atoms with Crippen molar-refractivity contribution >= 4 is 33.3 Å². The highest BCUT2D eigenvalue weighted by molar-refractivity contribution is 7.94. The van der Waals surface area contributed by atoms with Crippen LogP contribution >= 0.6 is 11.3 Å². The molecular formula is C10H9FN4O4S2. The first-order valence-electron chi connectivity index (χ1n) is 5.38. The van der Waals surface area contributed by atoms with Gasteiger partial charge in [0, 0.05) is 0 Å². The van der Waals surface area contributed by atoms with Crippen LogP contribution in [0.2, 0.25) is 0 Å². The number of carbonyl (C=O) groups excluding carboxylic acids is 1. The Hall–Kier alpha value is -2.27. The van der Waals surface area contributed by atoms with Crippen molar-refractivity contribution in [3.05, 3.63) is 29.8 Å². The molecule has 0 bridgehead atoms. The zero-order valence-corrected chi connectivity index (χ0v) is 12.2. The number of aryl methyl sites for hydroxylation is 1. The molecular weight excluding hydrogens is 323 g/mol. The summed E-state index contributed by atoms with van der Waals surface area (Å²) in [5, 5.41) is -0.0323. The van der Waals surface area contributed by atoms with Crippen LogP contribution in [0.5, 0.6) is 5.06 Å². The van der Waals surface area contributed by atoms with Crippen LogP contribution in [0.1, 0.15) is 5.69 Å². The molecule has 0 saturated carbocycles. The van der Waals surface area contributed by atoms with Crippen LogP contribution in [0.15, 0.2) is 22.5 Å². The number of rotatable bonds is 4. The Morgan fingerprint density at radius 3 is 2.76 bits per heavy atom. The number of anilines is 1. The summed E-state index contributed by atoms with van der Waals surface area (Å²) in [6.45, 7) is 1.45. The van der Waals surface area contributed by atoms with E-state index in [4.69, 9.17) is 5.73 Å². The van der Waals surface area contributed by atoms with Crippen LogP contribution < -0.4 is 15.2 Å². The first-order valence-corrected chi connectivity index (χ1v) is 7.68. The third kappa shape index (κ3) is 3.64. The van der Waals surface area contributed by atoms with Crippen LogP contribution in [0.4, 0.5) is 15.0 Å². The van der Waals surface area contributed by atoms with Crippen molar-refractivity contribution in [1.82, 2.24) is 9.97 Å². The number of hydrogen-bond donors (Lipinski definition) is 2. The number of primary amides is 1. The minimum absolute atomic E-state index is 0.0323. The summed E-state index contributed by atoms with van der Waals surface area (Å²) in [6.07, 6.45) is -1.08.